The molecule has 1 unspecified atom stereocenters. The Labute approximate surface area is 112 Å². The number of methoxy groups -OCH3 is 1. The number of anilines is 1. The lowest BCUT2D eigenvalue weighted by atomic mass is 10.3. The average Bonchev–Trinajstić information content (AvgIpc) is 2.68. The van der Waals surface area contributed by atoms with Gasteiger partial charge in [-0.3, -0.25) is 4.79 Å². The molecule has 1 heterocycles. The topological polar surface area (TPSA) is 75.7 Å². The van der Waals surface area contributed by atoms with E-state index in [1.54, 1.807) is 36.3 Å². The summed E-state index contributed by atoms with van der Waals surface area (Å²) in [5.74, 6) is 0.555. The molecule has 1 saturated heterocycles. The summed E-state index contributed by atoms with van der Waals surface area (Å²) in [4.78, 5) is 13.5. The lowest BCUT2D eigenvalue weighted by Crippen LogP contribution is -2.36. The second-order valence-corrected chi connectivity index (χ2v) is 6.28. The quantitative estimate of drug-likeness (QED) is 0.865. The summed E-state index contributed by atoms with van der Waals surface area (Å²) in [5, 5.41) is 0. The molecule has 1 aliphatic rings. The van der Waals surface area contributed by atoms with Crippen molar-refractivity contribution in [1.82, 2.24) is 4.72 Å². The number of ether oxygens (including phenoxy) is 1. The van der Waals surface area contributed by atoms with E-state index in [0.29, 0.717) is 18.0 Å². The van der Waals surface area contributed by atoms with Crippen molar-refractivity contribution in [2.24, 2.45) is 0 Å². The van der Waals surface area contributed by atoms with Crippen molar-refractivity contribution in [2.75, 3.05) is 24.8 Å². The molecule has 1 aliphatic heterocycles. The zero-order valence-electron chi connectivity index (χ0n) is 10.8. The van der Waals surface area contributed by atoms with Gasteiger partial charge >= 0.3 is 0 Å². The second-order valence-electron chi connectivity index (χ2n) is 4.50. The molecule has 2 rings (SSSR count). The number of rotatable bonds is 4. The SMILES string of the molecule is COc1cccc(N2CC(NS(C)(=O)=O)CC2=O)c1. The van der Waals surface area contributed by atoms with E-state index in [4.69, 9.17) is 4.74 Å². The number of hydrogen-bond donors (Lipinski definition) is 1. The molecule has 1 amide bonds. The summed E-state index contributed by atoms with van der Waals surface area (Å²) >= 11 is 0. The van der Waals surface area contributed by atoms with Crippen LogP contribution in [0.1, 0.15) is 6.42 Å². The van der Waals surface area contributed by atoms with Gasteiger partial charge in [0.05, 0.1) is 13.4 Å². The van der Waals surface area contributed by atoms with E-state index in [1.807, 2.05) is 0 Å². The van der Waals surface area contributed by atoms with Gasteiger partial charge in [0.2, 0.25) is 15.9 Å². The van der Waals surface area contributed by atoms with E-state index < -0.39 is 10.0 Å². The zero-order chi connectivity index (χ0) is 14.0. The number of carbonyl (C=O) groups is 1. The normalized spacial score (nSPS) is 19.8. The summed E-state index contributed by atoms with van der Waals surface area (Å²) < 4.78 is 29.9. The minimum atomic E-state index is -3.30. The number of carbonyl (C=O) groups excluding carboxylic acids is 1. The molecule has 1 aromatic rings. The average molecular weight is 284 g/mol. The maximum Gasteiger partial charge on any atom is 0.228 e. The number of amides is 1. The number of nitrogens with zero attached hydrogens (tertiary/aromatic N) is 1. The number of hydrogen-bond acceptors (Lipinski definition) is 4. The molecule has 0 saturated carbocycles. The van der Waals surface area contributed by atoms with Crippen LogP contribution in [0.15, 0.2) is 24.3 Å². The van der Waals surface area contributed by atoms with E-state index in [-0.39, 0.29) is 18.4 Å². The Morgan fingerprint density at radius 2 is 2.16 bits per heavy atom. The maximum atomic E-state index is 11.9. The van der Waals surface area contributed by atoms with Gasteiger partial charge in [-0.25, -0.2) is 13.1 Å². The molecule has 6 nitrogen and oxygen atoms in total. The highest BCUT2D eigenvalue weighted by Gasteiger charge is 2.32. The highest BCUT2D eigenvalue weighted by atomic mass is 32.2. The highest BCUT2D eigenvalue weighted by Crippen LogP contribution is 2.25. The molecule has 7 heteroatoms. The van der Waals surface area contributed by atoms with Crippen LogP contribution < -0.4 is 14.4 Å². The smallest absolute Gasteiger partial charge is 0.228 e. The predicted octanol–water partition coefficient (Wildman–Crippen LogP) is 0.350. The van der Waals surface area contributed by atoms with Gasteiger partial charge < -0.3 is 9.64 Å². The molecule has 0 aromatic heterocycles. The Balaban J connectivity index is 2.15. The molecule has 0 aliphatic carbocycles. The molecular weight excluding hydrogens is 268 g/mol. The minimum Gasteiger partial charge on any atom is -0.497 e. The molecule has 1 fully saturated rings. The molecular formula is C12H16N2O4S. The summed E-state index contributed by atoms with van der Waals surface area (Å²) in [7, 11) is -1.75. The second kappa shape index (κ2) is 5.18. The highest BCUT2D eigenvalue weighted by molar-refractivity contribution is 7.88. The van der Waals surface area contributed by atoms with E-state index in [9.17, 15) is 13.2 Å². The Kier molecular flexibility index (Phi) is 3.77. The van der Waals surface area contributed by atoms with E-state index in [0.717, 1.165) is 6.26 Å². The molecule has 0 spiro atoms. The fourth-order valence-corrected chi connectivity index (χ4v) is 2.88. The summed E-state index contributed by atoms with van der Waals surface area (Å²) in [6.45, 7) is 0.332. The standard InChI is InChI=1S/C12H16N2O4S/c1-18-11-5-3-4-10(7-11)14-8-9(6-12(14)15)13-19(2,16)17/h3-5,7,9,13H,6,8H2,1-2H3. The van der Waals surface area contributed by atoms with Gasteiger partial charge in [-0.2, -0.15) is 0 Å². The van der Waals surface area contributed by atoms with Gasteiger partial charge in [0.15, 0.2) is 0 Å². The van der Waals surface area contributed by atoms with E-state index in [1.165, 1.54) is 0 Å². The van der Waals surface area contributed by atoms with Crippen molar-refractivity contribution in [3.63, 3.8) is 0 Å². The summed E-state index contributed by atoms with van der Waals surface area (Å²) in [6, 6.07) is 6.74. The van der Waals surface area contributed by atoms with Crippen LogP contribution in [0.5, 0.6) is 5.75 Å². The van der Waals surface area contributed by atoms with Crippen molar-refractivity contribution in [2.45, 2.75) is 12.5 Å². The van der Waals surface area contributed by atoms with Crippen LogP contribution in [0.2, 0.25) is 0 Å². The van der Waals surface area contributed by atoms with Crippen molar-refractivity contribution >= 4 is 21.6 Å². The third-order valence-corrected chi connectivity index (χ3v) is 3.63. The molecule has 19 heavy (non-hydrogen) atoms. The van der Waals surface area contributed by atoms with Crippen LogP contribution >= 0.6 is 0 Å². The van der Waals surface area contributed by atoms with Crippen LogP contribution in [0.4, 0.5) is 5.69 Å². The van der Waals surface area contributed by atoms with Gasteiger partial charge in [0.1, 0.15) is 5.75 Å². The lowest BCUT2D eigenvalue weighted by molar-refractivity contribution is -0.117. The minimum absolute atomic E-state index is 0.102. The number of sulfonamides is 1. The van der Waals surface area contributed by atoms with Crippen molar-refractivity contribution in [3.05, 3.63) is 24.3 Å². The van der Waals surface area contributed by atoms with Crippen LogP contribution in [-0.2, 0) is 14.8 Å². The van der Waals surface area contributed by atoms with Gasteiger partial charge in [0, 0.05) is 30.8 Å². The molecule has 1 aromatic carbocycles. The van der Waals surface area contributed by atoms with Crippen LogP contribution in [0.3, 0.4) is 0 Å². The molecule has 1 N–H and O–H groups in total. The fourth-order valence-electron chi connectivity index (χ4n) is 2.12. The first-order chi connectivity index (χ1) is 8.89. The van der Waals surface area contributed by atoms with Crippen LogP contribution in [-0.4, -0.2) is 40.3 Å². The summed E-state index contributed by atoms with van der Waals surface area (Å²) in [6.07, 6.45) is 1.26. The number of nitrogens with one attached hydrogen (secondary N) is 1. The zero-order valence-corrected chi connectivity index (χ0v) is 11.6. The third kappa shape index (κ3) is 3.45. The maximum absolute atomic E-state index is 11.9. The van der Waals surface area contributed by atoms with Crippen molar-refractivity contribution in [1.29, 1.82) is 0 Å². The predicted molar refractivity (Wildman–Crippen MR) is 71.7 cm³/mol. The van der Waals surface area contributed by atoms with Gasteiger partial charge in [-0.05, 0) is 12.1 Å². The Morgan fingerprint density at radius 1 is 1.42 bits per heavy atom. The molecule has 0 bridgehead atoms. The summed E-state index contributed by atoms with van der Waals surface area (Å²) in [5.41, 5.74) is 0.710. The van der Waals surface area contributed by atoms with Crippen LogP contribution in [0.25, 0.3) is 0 Å². The van der Waals surface area contributed by atoms with Gasteiger partial charge in [0.25, 0.3) is 0 Å². The molecule has 0 radical (unpaired) electrons. The van der Waals surface area contributed by atoms with Crippen molar-refractivity contribution in [3.8, 4) is 5.75 Å². The third-order valence-electron chi connectivity index (χ3n) is 2.87. The molecule has 1 atom stereocenters. The first-order valence-electron chi connectivity index (χ1n) is 5.81. The van der Waals surface area contributed by atoms with Crippen molar-refractivity contribution < 1.29 is 17.9 Å². The largest absolute Gasteiger partial charge is 0.497 e. The first-order valence-corrected chi connectivity index (χ1v) is 7.70. The monoisotopic (exact) mass is 284 g/mol. The van der Waals surface area contributed by atoms with E-state index >= 15 is 0 Å². The Bertz CT molecular complexity index is 585. The van der Waals surface area contributed by atoms with Gasteiger partial charge in [-0.1, -0.05) is 6.07 Å². The molecule has 104 valence electrons. The first kappa shape index (κ1) is 13.8. The van der Waals surface area contributed by atoms with Gasteiger partial charge in [-0.15, -0.1) is 0 Å². The Morgan fingerprint density at radius 3 is 2.79 bits per heavy atom. The lowest BCUT2D eigenvalue weighted by Gasteiger charge is -2.17. The van der Waals surface area contributed by atoms with Crippen LogP contribution in [0, 0.1) is 0 Å². The number of benzene rings is 1. The fraction of sp³-hybridized carbons (Fsp3) is 0.417. The van der Waals surface area contributed by atoms with E-state index in [2.05, 4.69) is 4.72 Å². The Hall–Kier alpha value is -1.60.